The number of aromatic nitrogens is 1. The van der Waals surface area contributed by atoms with Crippen LogP contribution in [0.3, 0.4) is 0 Å². The number of rotatable bonds is 6. The van der Waals surface area contributed by atoms with Crippen molar-refractivity contribution in [2.75, 3.05) is 6.54 Å². The lowest BCUT2D eigenvalue weighted by Crippen LogP contribution is -2.50. The van der Waals surface area contributed by atoms with Crippen LogP contribution in [0.25, 0.3) is 11.1 Å². The van der Waals surface area contributed by atoms with Gasteiger partial charge in [-0.2, -0.15) is 5.26 Å². The first-order valence-electron chi connectivity index (χ1n) is 12.3. The fourth-order valence-electron chi connectivity index (χ4n) is 5.01. The molecule has 2 heterocycles. The molecule has 0 radical (unpaired) electrons. The fraction of sp³-hybridized carbons (Fsp3) is 0.481. The average Bonchev–Trinajstić information content (AvgIpc) is 3.74. The lowest BCUT2D eigenvalue weighted by Gasteiger charge is -2.27. The Bertz CT molecular complexity index is 1400. The molecular formula is C27H30N4O4S. The molecule has 3 aliphatic rings. The number of amides is 2. The topological polar surface area (TPSA) is 120 Å². The van der Waals surface area contributed by atoms with Crippen LogP contribution in [-0.4, -0.2) is 53.5 Å². The maximum atomic E-state index is 13.8. The molecule has 5 rings (SSSR count). The van der Waals surface area contributed by atoms with Crippen LogP contribution in [0.4, 0.5) is 0 Å². The molecule has 2 aromatic rings. The van der Waals surface area contributed by atoms with Crippen LogP contribution in [0, 0.1) is 30.6 Å². The number of benzene rings is 1. The molecule has 0 unspecified atom stereocenters. The van der Waals surface area contributed by atoms with Crippen LogP contribution in [0.1, 0.15) is 50.3 Å². The molecular weight excluding hydrogens is 476 g/mol. The summed E-state index contributed by atoms with van der Waals surface area (Å²) in [5.74, 6) is -0.619. The molecule has 188 valence electrons. The number of hydrogen-bond donors (Lipinski definition) is 1. The maximum Gasteiger partial charge on any atom is 0.244 e. The van der Waals surface area contributed by atoms with Gasteiger partial charge >= 0.3 is 0 Å². The lowest BCUT2D eigenvalue weighted by atomic mass is 10.0. The van der Waals surface area contributed by atoms with E-state index < -0.39 is 38.0 Å². The number of nitrogens with one attached hydrogen (secondary N) is 1. The van der Waals surface area contributed by atoms with Crippen LogP contribution >= 0.6 is 0 Å². The van der Waals surface area contributed by atoms with Crippen LogP contribution in [0.15, 0.2) is 41.4 Å². The Morgan fingerprint density at radius 3 is 2.39 bits per heavy atom. The van der Waals surface area contributed by atoms with Crippen molar-refractivity contribution in [1.82, 2.24) is 15.2 Å². The Labute approximate surface area is 211 Å². The lowest BCUT2D eigenvalue weighted by molar-refractivity contribution is -0.142. The second-order valence-corrected chi connectivity index (χ2v) is 13.0. The SMILES string of the molecule is Cc1cc(-c2ccc(S(=O)(=O)[C@@H]3C[C@@H](C(=O)NC4(C#N)CC4)N(C(=O)C4(C)CC4)C3)c(C)c2)ccn1. The first-order valence-corrected chi connectivity index (χ1v) is 13.8. The Morgan fingerprint density at radius 2 is 1.81 bits per heavy atom. The predicted octanol–water partition coefficient (Wildman–Crippen LogP) is 3.08. The number of carbonyl (C=O) groups excluding carboxylic acids is 2. The molecule has 1 aliphatic heterocycles. The standard InChI is InChI=1S/C27H30N4O4S/c1-17-12-19(20-6-11-29-18(2)13-20)4-5-23(17)36(34,35)21-14-22(24(32)30-27(16-28)9-10-27)31(15-21)25(33)26(3)7-8-26/h4-6,11-13,21-22H,7-10,14-15H2,1-3H3,(H,30,32)/t21-,22+/m1/s1. The summed E-state index contributed by atoms with van der Waals surface area (Å²) in [6, 6.07) is 10.3. The highest BCUT2D eigenvalue weighted by atomic mass is 32.2. The number of pyridine rings is 1. The van der Waals surface area contributed by atoms with E-state index in [-0.39, 0.29) is 23.8 Å². The van der Waals surface area contributed by atoms with E-state index in [2.05, 4.69) is 16.4 Å². The highest BCUT2D eigenvalue weighted by Crippen LogP contribution is 2.48. The number of carbonyl (C=O) groups is 2. The maximum absolute atomic E-state index is 13.8. The monoisotopic (exact) mass is 506 g/mol. The Morgan fingerprint density at radius 1 is 1.11 bits per heavy atom. The fourth-order valence-corrected chi connectivity index (χ4v) is 6.92. The molecule has 1 aromatic heterocycles. The van der Waals surface area contributed by atoms with Crippen LogP contribution in [-0.2, 0) is 19.4 Å². The largest absolute Gasteiger partial charge is 0.336 e. The van der Waals surface area contributed by atoms with E-state index in [9.17, 15) is 23.3 Å². The summed E-state index contributed by atoms with van der Waals surface area (Å²) in [7, 11) is -3.82. The summed E-state index contributed by atoms with van der Waals surface area (Å²) in [4.78, 5) is 32.3. The van der Waals surface area contributed by atoms with Crippen molar-refractivity contribution in [1.29, 1.82) is 5.26 Å². The molecule has 1 aromatic carbocycles. The molecule has 9 heteroatoms. The zero-order chi connectivity index (χ0) is 25.9. The molecule has 2 atom stereocenters. The average molecular weight is 507 g/mol. The Balaban J connectivity index is 1.43. The number of nitriles is 1. The number of sulfone groups is 1. The number of aryl methyl sites for hydroxylation is 2. The predicted molar refractivity (Wildman–Crippen MR) is 133 cm³/mol. The van der Waals surface area contributed by atoms with Gasteiger partial charge in [0.2, 0.25) is 11.8 Å². The van der Waals surface area contributed by atoms with Gasteiger partial charge in [-0.05, 0) is 80.8 Å². The summed E-state index contributed by atoms with van der Waals surface area (Å²) in [6.45, 7) is 5.49. The van der Waals surface area contributed by atoms with E-state index in [0.717, 1.165) is 29.7 Å². The normalized spacial score (nSPS) is 23.6. The smallest absolute Gasteiger partial charge is 0.244 e. The van der Waals surface area contributed by atoms with Crippen molar-refractivity contribution in [3.8, 4) is 17.2 Å². The third-order valence-electron chi connectivity index (χ3n) is 7.82. The van der Waals surface area contributed by atoms with Gasteiger partial charge in [0.1, 0.15) is 11.6 Å². The van der Waals surface area contributed by atoms with Gasteiger partial charge in [-0.15, -0.1) is 0 Å². The van der Waals surface area contributed by atoms with Crippen LogP contribution < -0.4 is 5.32 Å². The van der Waals surface area contributed by atoms with Crippen molar-refractivity contribution in [3.05, 3.63) is 47.8 Å². The zero-order valence-electron chi connectivity index (χ0n) is 20.7. The summed E-state index contributed by atoms with van der Waals surface area (Å²) in [6.07, 6.45) is 4.33. The second kappa shape index (κ2) is 8.41. The van der Waals surface area contributed by atoms with E-state index >= 15 is 0 Å². The van der Waals surface area contributed by atoms with Crippen LogP contribution in [0.5, 0.6) is 0 Å². The third kappa shape index (κ3) is 4.28. The Hall–Kier alpha value is -3.25. The molecule has 8 nitrogen and oxygen atoms in total. The van der Waals surface area contributed by atoms with Crippen LogP contribution in [0.2, 0.25) is 0 Å². The molecule has 0 spiro atoms. The Kier molecular flexibility index (Phi) is 5.71. The van der Waals surface area contributed by atoms with Gasteiger partial charge in [-0.3, -0.25) is 14.6 Å². The molecule has 1 saturated heterocycles. The second-order valence-electron chi connectivity index (χ2n) is 10.8. The van der Waals surface area contributed by atoms with Crippen molar-refractivity contribution in [2.45, 2.75) is 74.6 Å². The molecule has 2 saturated carbocycles. The minimum Gasteiger partial charge on any atom is -0.336 e. The molecule has 0 bridgehead atoms. The van der Waals surface area contributed by atoms with Crippen molar-refractivity contribution in [3.63, 3.8) is 0 Å². The van der Waals surface area contributed by atoms with Gasteiger partial charge in [0.15, 0.2) is 9.84 Å². The van der Waals surface area contributed by atoms with E-state index in [4.69, 9.17) is 0 Å². The summed E-state index contributed by atoms with van der Waals surface area (Å²) in [5, 5.41) is 11.3. The van der Waals surface area contributed by atoms with Gasteiger partial charge in [0, 0.05) is 23.9 Å². The minimum absolute atomic E-state index is 0.0161. The zero-order valence-corrected chi connectivity index (χ0v) is 21.6. The number of nitrogens with zero attached hydrogens (tertiary/aromatic N) is 3. The highest BCUT2D eigenvalue weighted by molar-refractivity contribution is 7.92. The summed E-state index contributed by atoms with van der Waals surface area (Å²) in [5.41, 5.74) is 1.91. The highest BCUT2D eigenvalue weighted by Gasteiger charge is 2.55. The quantitative estimate of drug-likeness (QED) is 0.643. The number of likely N-dealkylation sites (tertiary alicyclic amines) is 1. The van der Waals surface area contributed by atoms with Crippen molar-refractivity contribution in [2.24, 2.45) is 5.41 Å². The van der Waals surface area contributed by atoms with Gasteiger partial charge < -0.3 is 10.2 Å². The van der Waals surface area contributed by atoms with E-state index in [1.807, 2.05) is 32.0 Å². The molecule has 2 aliphatic carbocycles. The molecule has 3 fully saturated rings. The van der Waals surface area contributed by atoms with Crippen molar-refractivity contribution < 1.29 is 18.0 Å². The molecule has 1 N–H and O–H groups in total. The third-order valence-corrected chi connectivity index (χ3v) is 10.1. The summed E-state index contributed by atoms with van der Waals surface area (Å²) < 4.78 is 27.6. The van der Waals surface area contributed by atoms with E-state index in [1.165, 1.54) is 4.90 Å². The molecule has 36 heavy (non-hydrogen) atoms. The number of hydrogen-bond acceptors (Lipinski definition) is 6. The van der Waals surface area contributed by atoms with Gasteiger partial charge in [0.25, 0.3) is 0 Å². The first kappa shape index (κ1) is 24.4. The van der Waals surface area contributed by atoms with E-state index in [0.29, 0.717) is 18.4 Å². The summed E-state index contributed by atoms with van der Waals surface area (Å²) >= 11 is 0. The van der Waals surface area contributed by atoms with E-state index in [1.54, 1.807) is 25.3 Å². The first-order chi connectivity index (χ1) is 17.0. The van der Waals surface area contributed by atoms with Crippen molar-refractivity contribution >= 4 is 21.7 Å². The minimum atomic E-state index is -3.82. The molecule has 2 amide bonds. The van der Waals surface area contributed by atoms with Gasteiger partial charge in [-0.25, -0.2) is 8.42 Å². The van der Waals surface area contributed by atoms with Gasteiger partial charge in [-0.1, -0.05) is 19.1 Å². The van der Waals surface area contributed by atoms with Gasteiger partial charge in [0.05, 0.1) is 16.2 Å².